The van der Waals surface area contributed by atoms with Crippen molar-refractivity contribution < 1.29 is 4.79 Å². The predicted octanol–water partition coefficient (Wildman–Crippen LogP) is 1.02. The summed E-state index contributed by atoms with van der Waals surface area (Å²) in [5.41, 5.74) is 0. The van der Waals surface area contributed by atoms with Crippen molar-refractivity contribution in [2.24, 2.45) is 0 Å². The van der Waals surface area contributed by atoms with Crippen LogP contribution in [-0.2, 0) is 11.3 Å². The highest BCUT2D eigenvalue weighted by Crippen LogP contribution is 2.17. The first-order valence-electron chi connectivity index (χ1n) is 6.73. The number of anilines is 1. The van der Waals surface area contributed by atoms with E-state index in [4.69, 9.17) is 0 Å². The van der Waals surface area contributed by atoms with Gasteiger partial charge in [0.25, 0.3) is 0 Å². The van der Waals surface area contributed by atoms with E-state index >= 15 is 0 Å². The van der Waals surface area contributed by atoms with E-state index in [1.165, 1.54) is 0 Å². The van der Waals surface area contributed by atoms with Gasteiger partial charge in [0.15, 0.2) is 0 Å². The van der Waals surface area contributed by atoms with Crippen molar-refractivity contribution in [2.75, 3.05) is 38.0 Å². The van der Waals surface area contributed by atoms with E-state index in [-0.39, 0.29) is 5.91 Å². The fourth-order valence-electron chi connectivity index (χ4n) is 2.03. The number of nitrogens with zero attached hydrogens (tertiary/aromatic N) is 4. The highest BCUT2D eigenvalue weighted by Gasteiger charge is 2.19. The molecule has 0 atom stereocenters. The van der Waals surface area contributed by atoms with Crippen LogP contribution in [0.15, 0.2) is 0 Å². The van der Waals surface area contributed by atoms with Gasteiger partial charge in [0, 0.05) is 39.6 Å². The van der Waals surface area contributed by atoms with Gasteiger partial charge in [-0.1, -0.05) is 18.3 Å². The molecule has 1 N–H and O–H groups in total. The number of amides is 1. The number of carbonyl (C=O) groups is 1. The van der Waals surface area contributed by atoms with Crippen molar-refractivity contribution in [3.63, 3.8) is 0 Å². The summed E-state index contributed by atoms with van der Waals surface area (Å²) < 4.78 is 0. The quantitative estimate of drug-likeness (QED) is 0.874. The second-order valence-electron chi connectivity index (χ2n) is 4.71. The lowest BCUT2D eigenvalue weighted by molar-refractivity contribution is -0.130. The predicted molar refractivity (Wildman–Crippen MR) is 76.2 cm³/mol. The monoisotopic (exact) mass is 283 g/mol. The van der Waals surface area contributed by atoms with Crippen LogP contribution in [0.2, 0.25) is 0 Å². The molecule has 1 amide bonds. The highest BCUT2D eigenvalue weighted by atomic mass is 32.1. The van der Waals surface area contributed by atoms with Crippen molar-refractivity contribution in [3.8, 4) is 0 Å². The minimum absolute atomic E-state index is 0.168. The minimum atomic E-state index is 0.168. The Bertz CT molecular complexity index is 414. The summed E-state index contributed by atoms with van der Waals surface area (Å²) in [6, 6.07) is 0. The molecule has 19 heavy (non-hydrogen) atoms. The lowest BCUT2D eigenvalue weighted by atomic mass is 10.3. The summed E-state index contributed by atoms with van der Waals surface area (Å²) in [5, 5.41) is 13.5. The van der Waals surface area contributed by atoms with Crippen LogP contribution in [0.3, 0.4) is 0 Å². The summed E-state index contributed by atoms with van der Waals surface area (Å²) in [6.07, 6.45) is 1.09. The van der Waals surface area contributed by atoms with Crippen LogP contribution >= 0.6 is 11.3 Å². The molecule has 0 saturated carbocycles. The third-order valence-corrected chi connectivity index (χ3v) is 4.04. The van der Waals surface area contributed by atoms with Crippen molar-refractivity contribution in [2.45, 2.75) is 26.8 Å². The van der Waals surface area contributed by atoms with Gasteiger partial charge < -0.3 is 10.2 Å². The molecule has 7 heteroatoms. The van der Waals surface area contributed by atoms with Crippen LogP contribution in [0.5, 0.6) is 0 Å². The molecule has 0 aliphatic carbocycles. The average Bonchev–Trinajstić information content (AvgIpc) is 2.84. The number of aromatic nitrogens is 2. The van der Waals surface area contributed by atoms with Gasteiger partial charge >= 0.3 is 0 Å². The van der Waals surface area contributed by atoms with E-state index in [0.717, 1.165) is 55.8 Å². The van der Waals surface area contributed by atoms with Crippen molar-refractivity contribution >= 4 is 22.4 Å². The zero-order valence-electron chi connectivity index (χ0n) is 11.6. The third kappa shape index (κ3) is 4.14. The Morgan fingerprint density at radius 3 is 2.68 bits per heavy atom. The first-order valence-corrected chi connectivity index (χ1v) is 7.55. The number of hydrogen-bond acceptors (Lipinski definition) is 6. The second kappa shape index (κ2) is 6.81. The Balaban J connectivity index is 1.79. The minimum Gasteiger partial charge on any atom is -0.360 e. The van der Waals surface area contributed by atoms with Gasteiger partial charge in [-0.05, 0) is 6.42 Å². The molecule has 0 radical (unpaired) electrons. The number of carbonyl (C=O) groups excluding carboxylic acids is 1. The van der Waals surface area contributed by atoms with Crippen LogP contribution in [0.4, 0.5) is 5.13 Å². The van der Waals surface area contributed by atoms with Gasteiger partial charge in [0.1, 0.15) is 5.01 Å². The van der Waals surface area contributed by atoms with E-state index in [9.17, 15) is 4.79 Å². The van der Waals surface area contributed by atoms with Crippen LogP contribution in [-0.4, -0.2) is 58.6 Å². The van der Waals surface area contributed by atoms with Gasteiger partial charge in [-0.3, -0.25) is 9.69 Å². The Morgan fingerprint density at radius 2 is 2.05 bits per heavy atom. The lowest BCUT2D eigenvalue weighted by Crippen LogP contribution is -2.47. The molecule has 2 rings (SSSR count). The van der Waals surface area contributed by atoms with Gasteiger partial charge in [-0.2, -0.15) is 0 Å². The summed E-state index contributed by atoms with van der Waals surface area (Å²) in [5.74, 6) is 0.168. The molecular weight excluding hydrogens is 262 g/mol. The van der Waals surface area contributed by atoms with Crippen molar-refractivity contribution in [3.05, 3.63) is 5.01 Å². The molecule has 1 fully saturated rings. The van der Waals surface area contributed by atoms with Crippen molar-refractivity contribution in [1.29, 1.82) is 0 Å². The number of nitrogens with one attached hydrogen (secondary N) is 1. The number of hydrogen-bond donors (Lipinski definition) is 1. The fourth-order valence-corrected chi connectivity index (χ4v) is 2.84. The lowest BCUT2D eigenvalue weighted by Gasteiger charge is -2.33. The maximum atomic E-state index is 11.2. The number of piperazine rings is 1. The van der Waals surface area contributed by atoms with E-state index < -0.39 is 0 Å². The largest absolute Gasteiger partial charge is 0.360 e. The summed E-state index contributed by atoms with van der Waals surface area (Å²) in [4.78, 5) is 15.5. The molecule has 0 unspecified atom stereocenters. The Hall–Kier alpha value is -1.21. The molecule has 6 nitrogen and oxygen atoms in total. The molecule has 1 aliphatic heterocycles. The van der Waals surface area contributed by atoms with E-state index in [0.29, 0.717) is 0 Å². The fraction of sp³-hybridized carbons (Fsp3) is 0.750. The average molecular weight is 283 g/mol. The molecule has 1 aromatic heterocycles. The zero-order chi connectivity index (χ0) is 13.7. The van der Waals surface area contributed by atoms with Crippen molar-refractivity contribution in [1.82, 2.24) is 20.0 Å². The highest BCUT2D eigenvalue weighted by molar-refractivity contribution is 7.15. The normalized spacial score (nSPS) is 16.6. The molecule has 1 aromatic rings. The van der Waals surface area contributed by atoms with Crippen LogP contribution < -0.4 is 5.32 Å². The Morgan fingerprint density at radius 1 is 1.32 bits per heavy atom. The smallest absolute Gasteiger partial charge is 0.219 e. The molecule has 1 saturated heterocycles. The van der Waals surface area contributed by atoms with Gasteiger partial charge in [-0.15, -0.1) is 10.2 Å². The van der Waals surface area contributed by atoms with Gasteiger partial charge in [0.05, 0.1) is 6.54 Å². The van der Waals surface area contributed by atoms with Crippen LogP contribution in [0.25, 0.3) is 0 Å². The maximum absolute atomic E-state index is 11.2. The van der Waals surface area contributed by atoms with Crippen LogP contribution in [0, 0.1) is 0 Å². The molecule has 1 aliphatic rings. The summed E-state index contributed by atoms with van der Waals surface area (Å²) >= 11 is 1.62. The zero-order valence-corrected chi connectivity index (χ0v) is 12.4. The Kier molecular flexibility index (Phi) is 5.09. The molecule has 0 aromatic carbocycles. The van der Waals surface area contributed by atoms with Gasteiger partial charge in [0.2, 0.25) is 11.0 Å². The summed E-state index contributed by atoms with van der Waals surface area (Å²) in [6.45, 7) is 8.98. The topological polar surface area (TPSA) is 61.4 Å². The molecule has 0 spiro atoms. The first-order chi connectivity index (χ1) is 9.19. The third-order valence-electron chi connectivity index (χ3n) is 3.17. The Labute approximate surface area is 117 Å². The SMILES string of the molecule is CCCNc1nnc(CN2CCN(C(C)=O)CC2)s1. The van der Waals surface area contributed by atoms with Gasteiger partial charge in [-0.25, -0.2) is 0 Å². The maximum Gasteiger partial charge on any atom is 0.219 e. The first kappa shape index (κ1) is 14.2. The standard InChI is InChI=1S/C12H21N5OS/c1-3-4-13-12-15-14-11(19-12)9-16-5-7-17(8-6-16)10(2)18/h3-9H2,1-2H3,(H,13,15). The number of rotatable bonds is 5. The van der Waals surface area contributed by atoms with E-state index in [2.05, 4.69) is 27.3 Å². The van der Waals surface area contributed by atoms with Crippen LogP contribution in [0.1, 0.15) is 25.3 Å². The molecule has 106 valence electrons. The summed E-state index contributed by atoms with van der Waals surface area (Å²) in [7, 11) is 0. The second-order valence-corrected chi connectivity index (χ2v) is 5.77. The van der Waals surface area contributed by atoms with E-state index in [1.54, 1.807) is 18.3 Å². The molecule has 0 bridgehead atoms. The molecule has 2 heterocycles. The molecular formula is C12H21N5OS. The van der Waals surface area contributed by atoms with E-state index in [1.807, 2.05) is 4.90 Å².